The molecule has 0 aliphatic carbocycles. The van der Waals surface area contributed by atoms with Crippen LogP contribution in [-0.4, -0.2) is 51.7 Å². The van der Waals surface area contributed by atoms with Gasteiger partial charge in [0.1, 0.15) is 11.5 Å². The summed E-state index contributed by atoms with van der Waals surface area (Å²) in [7, 11) is 0. The lowest BCUT2D eigenvalue weighted by atomic mass is 10.0. The first-order chi connectivity index (χ1) is 9.95. The van der Waals surface area contributed by atoms with Crippen LogP contribution >= 0.6 is 12.2 Å². The van der Waals surface area contributed by atoms with Gasteiger partial charge < -0.3 is 21.3 Å². The highest BCUT2D eigenvalue weighted by molar-refractivity contribution is 7.80. The highest BCUT2D eigenvalue weighted by atomic mass is 32.1. The number of rotatable bonds is 4. The van der Waals surface area contributed by atoms with Crippen molar-refractivity contribution in [3.63, 3.8) is 0 Å². The third kappa shape index (κ3) is 4.30. The van der Waals surface area contributed by atoms with Crippen LogP contribution in [0.3, 0.4) is 0 Å². The van der Waals surface area contributed by atoms with E-state index in [2.05, 4.69) is 10.2 Å². The van der Waals surface area contributed by atoms with Gasteiger partial charge in [0.25, 0.3) is 5.91 Å². The summed E-state index contributed by atoms with van der Waals surface area (Å²) < 4.78 is 0. The lowest BCUT2D eigenvalue weighted by Crippen LogP contribution is -2.46. The maximum atomic E-state index is 12.1. The zero-order valence-electron chi connectivity index (χ0n) is 11.6. The van der Waals surface area contributed by atoms with E-state index in [9.17, 15) is 15.0 Å². The number of piperidine rings is 1. The second-order valence-electron chi connectivity index (χ2n) is 5.19. The van der Waals surface area contributed by atoms with Gasteiger partial charge in [-0.1, -0.05) is 12.2 Å². The molecular formula is C14H19N3O3S. The van der Waals surface area contributed by atoms with E-state index in [0.717, 1.165) is 25.9 Å². The number of likely N-dealkylation sites (tertiary alicyclic amines) is 1. The van der Waals surface area contributed by atoms with Crippen LogP contribution in [0.1, 0.15) is 23.2 Å². The zero-order valence-corrected chi connectivity index (χ0v) is 12.4. The SMILES string of the molecule is NC(=S)CN1CCC(NC(=O)c2cc(O)ccc2O)CC1. The number of aromatic hydroxyl groups is 2. The van der Waals surface area contributed by atoms with E-state index >= 15 is 0 Å². The summed E-state index contributed by atoms with van der Waals surface area (Å²) in [6.07, 6.45) is 1.60. The quantitative estimate of drug-likeness (QED) is 0.480. The Kier molecular flexibility index (Phi) is 4.98. The molecule has 0 saturated carbocycles. The molecule has 0 atom stereocenters. The Bertz CT molecular complexity index is 542. The standard InChI is InChI=1S/C14H19N3O3S/c15-13(21)8-17-5-3-9(4-6-17)16-14(20)11-7-10(18)1-2-12(11)19/h1-2,7,9,18-19H,3-6,8H2,(H2,15,21)(H,16,20). The van der Waals surface area contributed by atoms with Gasteiger partial charge in [0.15, 0.2) is 0 Å². The minimum absolute atomic E-state index is 0.0434. The number of phenols is 2. The summed E-state index contributed by atoms with van der Waals surface area (Å²) in [6, 6.07) is 3.93. The van der Waals surface area contributed by atoms with Crippen molar-refractivity contribution in [3.8, 4) is 11.5 Å². The molecule has 1 aliphatic rings. The Labute approximate surface area is 128 Å². The van der Waals surface area contributed by atoms with Gasteiger partial charge in [0.2, 0.25) is 0 Å². The summed E-state index contributed by atoms with van der Waals surface area (Å²) in [5.41, 5.74) is 5.60. The van der Waals surface area contributed by atoms with Gasteiger partial charge in [-0.15, -0.1) is 0 Å². The van der Waals surface area contributed by atoms with E-state index in [4.69, 9.17) is 18.0 Å². The first kappa shape index (κ1) is 15.5. The molecular weight excluding hydrogens is 290 g/mol. The molecule has 7 heteroatoms. The minimum atomic E-state index is -0.379. The van der Waals surface area contributed by atoms with E-state index in [1.54, 1.807) is 0 Å². The van der Waals surface area contributed by atoms with Crippen LogP contribution in [0.15, 0.2) is 18.2 Å². The molecule has 1 aromatic rings. The zero-order chi connectivity index (χ0) is 15.4. The van der Waals surface area contributed by atoms with Crippen LogP contribution < -0.4 is 11.1 Å². The normalized spacial score (nSPS) is 16.6. The Morgan fingerprint density at radius 1 is 1.38 bits per heavy atom. The molecule has 1 heterocycles. The van der Waals surface area contributed by atoms with Crippen LogP contribution in [0.2, 0.25) is 0 Å². The van der Waals surface area contributed by atoms with Crippen molar-refractivity contribution < 1.29 is 15.0 Å². The summed E-state index contributed by atoms with van der Waals surface area (Å²) in [4.78, 5) is 14.7. The predicted octanol–water partition coefficient (Wildman–Crippen LogP) is 0.578. The lowest BCUT2D eigenvalue weighted by Gasteiger charge is -2.32. The molecule has 1 amide bonds. The molecule has 1 aromatic carbocycles. The molecule has 1 aliphatic heterocycles. The lowest BCUT2D eigenvalue weighted by molar-refractivity contribution is 0.0912. The summed E-state index contributed by atoms with van der Waals surface area (Å²) >= 11 is 4.88. The van der Waals surface area contributed by atoms with Crippen molar-refractivity contribution in [3.05, 3.63) is 23.8 Å². The minimum Gasteiger partial charge on any atom is -0.508 e. The van der Waals surface area contributed by atoms with Gasteiger partial charge in [-0.05, 0) is 31.0 Å². The Balaban J connectivity index is 1.90. The monoisotopic (exact) mass is 309 g/mol. The van der Waals surface area contributed by atoms with Crippen LogP contribution in [0, 0.1) is 0 Å². The van der Waals surface area contributed by atoms with Crippen LogP contribution in [0.25, 0.3) is 0 Å². The number of hydrogen-bond donors (Lipinski definition) is 4. The average molecular weight is 309 g/mol. The maximum Gasteiger partial charge on any atom is 0.255 e. The van der Waals surface area contributed by atoms with Crippen molar-refractivity contribution in [1.29, 1.82) is 0 Å². The number of carbonyl (C=O) groups is 1. The maximum absolute atomic E-state index is 12.1. The Morgan fingerprint density at radius 2 is 2.05 bits per heavy atom. The van der Waals surface area contributed by atoms with Gasteiger partial charge in [-0.25, -0.2) is 0 Å². The second-order valence-corrected chi connectivity index (χ2v) is 5.72. The topological polar surface area (TPSA) is 98.8 Å². The summed E-state index contributed by atoms with van der Waals surface area (Å²) in [6.45, 7) is 2.23. The molecule has 1 fully saturated rings. The van der Waals surface area contributed by atoms with Crippen LogP contribution in [0.4, 0.5) is 0 Å². The smallest absolute Gasteiger partial charge is 0.255 e. The van der Waals surface area contributed by atoms with Gasteiger partial charge >= 0.3 is 0 Å². The van der Waals surface area contributed by atoms with Gasteiger partial charge in [-0.3, -0.25) is 9.69 Å². The third-order valence-electron chi connectivity index (χ3n) is 3.53. The molecule has 0 aromatic heterocycles. The molecule has 5 N–H and O–H groups in total. The Hall–Kier alpha value is -1.86. The van der Waals surface area contributed by atoms with Crippen molar-refractivity contribution >= 4 is 23.1 Å². The molecule has 21 heavy (non-hydrogen) atoms. The predicted molar refractivity (Wildman–Crippen MR) is 83.5 cm³/mol. The molecule has 0 unspecified atom stereocenters. The highest BCUT2D eigenvalue weighted by Crippen LogP contribution is 2.22. The Morgan fingerprint density at radius 3 is 2.67 bits per heavy atom. The fourth-order valence-electron chi connectivity index (χ4n) is 2.42. The number of nitrogens with zero attached hydrogens (tertiary/aromatic N) is 1. The van der Waals surface area contributed by atoms with E-state index in [-0.39, 0.29) is 29.0 Å². The second kappa shape index (κ2) is 6.73. The summed E-state index contributed by atoms with van der Waals surface area (Å²) in [5.74, 6) is -0.573. The molecule has 1 saturated heterocycles. The van der Waals surface area contributed by atoms with Gasteiger partial charge in [0, 0.05) is 25.7 Å². The molecule has 6 nitrogen and oxygen atoms in total. The number of thiocarbonyl (C=S) groups is 1. The number of phenolic OH excluding ortho intramolecular Hbond substituents is 2. The van der Waals surface area contributed by atoms with E-state index in [1.165, 1.54) is 18.2 Å². The highest BCUT2D eigenvalue weighted by Gasteiger charge is 2.22. The first-order valence-electron chi connectivity index (χ1n) is 6.79. The average Bonchev–Trinajstić information content (AvgIpc) is 2.43. The number of benzene rings is 1. The first-order valence-corrected chi connectivity index (χ1v) is 7.20. The molecule has 0 bridgehead atoms. The number of nitrogens with one attached hydrogen (secondary N) is 1. The molecule has 2 rings (SSSR count). The summed E-state index contributed by atoms with van der Waals surface area (Å²) in [5, 5.41) is 21.9. The largest absolute Gasteiger partial charge is 0.508 e. The number of hydrogen-bond acceptors (Lipinski definition) is 5. The third-order valence-corrected chi connectivity index (χ3v) is 3.66. The number of carbonyl (C=O) groups excluding carboxylic acids is 1. The molecule has 0 spiro atoms. The van der Waals surface area contributed by atoms with Crippen LogP contribution in [-0.2, 0) is 0 Å². The van der Waals surface area contributed by atoms with Crippen molar-refractivity contribution in [2.75, 3.05) is 19.6 Å². The van der Waals surface area contributed by atoms with Crippen LogP contribution in [0.5, 0.6) is 11.5 Å². The fraction of sp³-hybridized carbons (Fsp3) is 0.429. The van der Waals surface area contributed by atoms with Gasteiger partial charge in [-0.2, -0.15) is 0 Å². The van der Waals surface area contributed by atoms with Gasteiger partial charge in [0.05, 0.1) is 10.6 Å². The van der Waals surface area contributed by atoms with Crippen molar-refractivity contribution in [2.24, 2.45) is 5.73 Å². The molecule has 0 radical (unpaired) electrons. The molecule has 114 valence electrons. The van der Waals surface area contributed by atoms with E-state index in [0.29, 0.717) is 11.5 Å². The van der Waals surface area contributed by atoms with Crippen molar-refractivity contribution in [2.45, 2.75) is 18.9 Å². The fourth-order valence-corrected chi connectivity index (χ4v) is 2.61. The number of nitrogens with two attached hydrogens (primary N) is 1. The number of amides is 1. The van der Waals surface area contributed by atoms with E-state index < -0.39 is 0 Å². The van der Waals surface area contributed by atoms with Crippen molar-refractivity contribution in [1.82, 2.24) is 10.2 Å². The van der Waals surface area contributed by atoms with E-state index in [1.807, 2.05) is 0 Å².